The molecule has 0 radical (unpaired) electrons. The van der Waals surface area contributed by atoms with E-state index in [1.54, 1.807) is 55.5 Å². The van der Waals surface area contributed by atoms with Crippen molar-refractivity contribution in [3.8, 4) is 5.75 Å². The topological polar surface area (TPSA) is 64.3 Å². The number of hydrogen-bond acceptors (Lipinski definition) is 3. The molecule has 2 aromatic rings. The Balaban J connectivity index is 1.94. The molecule has 0 aliphatic heterocycles. The largest absolute Gasteiger partial charge is 0.481 e. The second kappa shape index (κ2) is 6.30. The number of amides is 1. The van der Waals surface area contributed by atoms with E-state index in [1.807, 2.05) is 0 Å². The Bertz CT molecular complexity index is 582. The van der Waals surface area contributed by atoms with E-state index in [4.69, 9.17) is 22.1 Å². The normalized spacial score (nSPS) is 11.7. The lowest BCUT2D eigenvalue weighted by molar-refractivity contribution is -0.122. The number of carbonyl (C=O) groups is 1. The number of nitrogens with two attached hydrogens (primary N) is 1. The number of halogens is 1. The number of benzene rings is 2. The number of nitrogen functional groups attached to an aromatic ring is 1. The van der Waals surface area contributed by atoms with Crippen LogP contribution in [0, 0.1) is 0 Å². The first-order chi connectivity index (χ1) is 9.54. The zero-order valence-corrected chi connectivity index (χ0v) is 11.7. The third-order valence-electron chi connectivity index (χ3n) is 2.67. The quantitative estimate of drug-likeness (QED) is 0.849. The van der Waals surface area contributed by atoms with Crippen LogP contribution in [0.4, 0.5) is 11.4 Å². The molecule has 0 bridgehead atoms. The van der Waals surface area contributed by atoms with Crippen LogP contribution in [0.5, 0.6) is 5.75 Å². The smallest absolute Gasteiger partial charge is 0.265 e. The lowest BCUT2D eigenvalue weighted by Gasteiger charge is -2.14. The average molecular weight is 291 g/mol. The maximum absolute atomic E-state index is 12.0. The summed E-state index contributed by atoms with van der Waals surface area (Å²) >= 11 is 5.79. The zero-order valence-electron chi connectivity index (χ0n) is 11.0. The Hall–Kier alpha value is -2.20. The van der Waals surface area contributed by atoms with Crippen LogP contribution in [0.2, 0.25) is 5.02 Å². The van der Waals surface area contributed by atoms with E-state index in [0.717, 1.165) is 0 Å². The summed E-state index contributed by atoms with van der Waals surface area (Å²) in [4.78, 5) is 12.0. The minimum Gasteiger partial charge on any atom is -0.481 e. The molecule has 0 aliphatic carbocycles. The van der Waals surface area contributed by atoms with Crippen LogP contribution in [-0.4, -0.2) is 12.0 Å². The van der Waals surface area contributed by atoms with Crippen molar-refractivity contribution < 1.29 is 9.53 Å². The third-order valence-corrected chi connectivity index (χ3v) is 2.93. The number of ether oxygens (including phenoxy) is 1. The summed E-state index contributed by atoms with van der Waals surface area (Å²) < 4.78 is 5.53. The van der Waals surface area contributed by atoms with Crippen LogP contribution in [0.25, 0.3) is 0 Å². The summed E-state index contributed by atoms with van der Waals surface area (Å²) in [5.41, 5.74) is 6.91. The summed E-state index contributed by atoms with van der Waals surface area (Å²) in [5, 5.41) is 3.38. The van der Waals surface area contributed by atoms with Crippen LogP contribution >= 0.6 is 11.6 Å². The predicted molar refractivity (Wildman–Crippen MR) is 81.0 cm³/mol. The number of nitrogens with one attached hydrogen (secondary N) is 1. The Morgan fingerprint density at radius 2 is 1.75 bits per heavy atom. The molecule has 0 saturated heterocycles. The van der Waals surface area contributed by atoms with E-state index in [-0.39, 0.29) is 5.91 Å². The molecule has 2 aromatic carbocycles. The monoisotopic (exact) mass is 290 g/mol. The highest BCUT2D eigenvalue weighted by Crippen LogP contribution is 2.17. The Kier molecular flexibility index (Phi) is 4.48. The molecule has 0 spiro atoms. The highest BCUT2D eigenvalue weighted by molar-refractivity contribution is 6.30. The molecule has 20 heavy (non-hydrogen) atoms. The van der Waals surface area contributed by atoms with E-state index in [9.17, 15) is 4.79 Å². The van der Waals surface area contributed by atoms with Crippen molar-refractivity contribution in [2.24, 2.45) is 0 Å². The second-order valence-corrected chi connectivity index (χ2v) is 4.76. The van der Waals surface area contributed by atoms with Gasteiger partial charge in [-0.1, -0.05) is 11.6 Å². The molecule has 0 aliphatic rings. The lowest BCUT2D eigenvalue weighted by Crippen LogP contribution is -2.30. The number of carbonyl (C=O) groups excluding carboxylic acids is 1. The summed E-state index contributed by atoms with van der Waals surface area (Å²) in [6.07, 6.45) is -0.617. The first-order valence-electron chi connectivity index (χ1n) is 6.13. The summed E-state index contributed by atoms with van der Waals surface area (Å²) in [6.45, 7) is 1.68. The van der Waals surface area contributed by atoms with E-state index >= 15 is 0 Å². The van der Waals surface area contributed by atoms with Crippen molar-refractivity contribution in [2.45, 2.75) is 13.0 Å². The van der Waals surface area contributed by atoms with Gasteiger partial charge in [0.1, 0.15) is 5.75 Å². The number of hydrogen-bond donors (Lipinski definition) is 2. The SMILES string of the molecule is C[C@H](Oc1ccc(Cl)cc1)C(=O)Nc1ccc(N)cc1. The highest BCUT2D eigenvalue weighted by Gasteiger charge is 2.14. The number of rotatable bonds is 4. The average Bonchev–Trinajstić information content (AvgIpc) is 2.44. The summed E-state index contributed by atoms with van der Waals surface area (Å²) in [5.74, 6) is 0.360. The first-order valence-corrected chi connectivity index (χ1v) is 6.51. The molecular formula is C15H15ClN2O2. The predicted octanol–water partition coefficient (Wildman–Crippen LogP) is 3.33. The van der Waals surface area contributed by atoms with Crippen molar-refractivity contribution in [2.75, 3.05) is 11.1 Å². The van der Waals surface area contributed by atoms with Gasteiger partial charge in [0, 0.05) is 16.4 Å². The van der Waals surface area contributed by atoms with Gasteiger partial charge in [-0.2, -0.15) is 0 Å². The van der Waals surface area contributed by atoms with E-state index in [1.165, 1.54) is 0 Å². The summed E-state index contributed by atoms with van der Waals surface area (Å²) in [6, 6.07) is 13.8. The van der Waals surface area contributed by atoms with Crippen LogP contribution in [0.1, 0.15) is 6.92 Å². The van der Waals surface area contributed by atoms with Crippen molar-refractivity contribution >= 4 is 28.9 Å². The van der Waals surface area contributed by atoms with Crippen molar-refractivity contribution in [1.82, 2.24) is 0 Å². The van der Waals surface area contributed by atoms with Crippen LogP contribution < -0.4 is 15.8 Å². The highest BCUT2D eigenvalue weighted by atomic mass is 35.5. The van der Waals surface area contributed by atoms with Gasteiger partial charge in [0.2, 0.25) is 0 Å². The molecular weight excluding hydrogens is 276 g/mol. The molecule has 0 saturated carbocycles. The molecule has 0 aromatic heterocycles. The van der Waals surface area contributed by atoms with Gasteiger partial charge in [0.05, 0.1) is 0 Å². The fraction of sp³-hybridized carbons (Fsp3) is 0.133. The van der Waals surface area contributed by atoms with Gasteiger partial charge in [0.15, 0.2) is 6.10 Å². The van der Waals surface area contributed by atoms with Crippen molar-refractivity contribution in [3.63, 3.8) is 0 Å². The molecule has 0 heterocycles. The Morgan fingerprint density at radius 3 is 2.35 bits per heavy atom. The molecule has 1 atom stereocenters. The third kappa shape index (κ3) is 3.90. The fourth-order valence-corrected chi connectivity index (χ4v) is 1.71. The molecule has 5 heteroatoms. The van der Waals surface area contributed by atoms with Gasteiger partial charge in [0.25, 0.3) is 5.91 Å². The van der Waals surface area contributed by atoms with E-state index < -0.39 is 6.10 Å². The van der Waals surface area contributed by atoms with Gasteiger partial charge in [-0.25, -0.2) is 0 Å². The fourth-order valence-electron chi connectivity index (χ4n) is 1.58. The maximum Gasteiger partial charge on any atom is 0.265 e. The maximum atomic E-state index is 12.0. The van der Waals surface area contributed by atoms with E-state index in [2.05, 4.69) is 5.32 Å². The first kappa shape index (κ1) is 14.2. The number of anilines is 2. The molecule has 4 nitrogen and oxygen atoms in total. The zero-order chi connectivity index (χ0) is 14.5. The minimum atomic E-state index is -0.617. The van der Waals surface area contributed by atoms with Gasteiger partial charge >= 0.3 is 0 Å². The van der Waals surface area contributed by atoms with Crippen LogP contribution in [-0.2, 0) is 4.79 Å². The molecule has 3 N–H and O–H groups in total. The van der Waals surface area contributed by atoms with E-state index in [0.29, 0.717) is 22.1 Å². The standard InChI is InChI=1S/C15H15ClN2O2/c1-10(20-14-8-2-11(16)3-9-14)15(19)18-13-6-4-12(17)5-7-13/h2-10H,17H2,1H3,(H,18,19)/t10-/m0/s1. The molecule has 1 amide bonds. The van der Waals surface area contributed by atoms with Crippen LogP contribution in [0.15, 0.2) is 48.5 Å². The van der Waals surface area contributed by atoms with Crippen molar-refractivity contribution in [3.05, 3.63) is 53.6 Å². The molecule has 104 valence electrons. The van der Waals surface area contributed by atoms with Gasteiger partial charge in [-0.15, -0.1) is 0 Å². The minimum absolute atomic E-state index is 0.232. The molecule has 0 unspecified atom stereocenters. The second-order valence-electron chi connectivity index (χ2n) is 4.33. The van der Waals surface area contributed by atoms with Crippen LogP contribution in [0.3, 0.4) is 0 Å². The van der Waals surface area contributed by atoms with Gasteiger partial charge in [-0.05, 0) is 55.5 Å². The Morgan fingerprint density at radius 1 is 1.15 bits per heavy atom. The van der Waals surface area contributed by atoms with Crippen molar-refractivity contribution in [1.29, 1.82) is 0 Å². The molecule has 0 fully saturated rings. The molecule has 2 rings (SSSR count). The summed E-state index contributed by atoms with van der Waals surface area (Å²) in [7, 11) is 0. The van der Waals surface area contributed by atoms with Gasteiger partial charge < -0.3 is 15.8 Å². The van der Waals surface area contributed by atoms with Gasteiger partial charge in [-0.3, -0.25) is 4.79 Å². The Labute approximate surface area is 122 Å². The lowest BCUT2D eigenvalue weighted by atomic mass is 10.2.